The second-order valence-electron chi connectivity index (χ2n) is 4.72. The average Bonchev–Trinajstić information content (AvgIpc) is 2.45. The van der Waals surface area contributed by atoms with Gasteiger partial charge in [0, 0.05) is 5.56 Å². The number of ether oxygens (including phenoxy) is 1. The van der Waals surface area contributed by atoms with Crippen molar-refractivity contribution in [2.24, 2.45) is 0 Å². The molecule has 1 atom stereocenters. The minimum atomic E-state index is 0.0481. The first kappa shape index (κ1) is 14.5. The summed E-state index contributed by atoms with van der Waals surface area (Å²) in [5.41, 5.74) is 4.10. The van der Waals surface area contributed by atoms with E-state index in [-0.39, 0.29) is 6.04 Å². The van der Waals surface area contributed by atoms with E-state index in [2.05, 4.69) is 27.6 Å². The molecular weight excluding hydrogens is 250 g/mol. The van der Waals surface area contributed by atoms with Gasteiger partial charge in [-0.2, -0.15) is 10.2 Å². The Morgan fingerprint density at radius 2 is 1.90 bits per heavy atom. The normalized spacial score (nSPS) is 12.2. The number of benzene rings is 1. The Balaban J connectivity index is 2.49. The second-order valence-corrected chi connectivity index (χ2v) is 4.72. The van der Waals surface area contributed by atoms with Crippen molar-refractivity contribution < 1.29 is 4.74 Å². The smallest absolute Gasteiger partial charge is 0.124 e. The number of nitrogens with zero attached hydrogens (tertiary/aromatic N) is 2. The van der Waals surface area contributed by atoms with Crippen LogP contribution in [0.1, 0.15) is 35.5 Å². The first-order valence-corrected chi connectivity index (χ1v) is 6.87. The molecule has 1 aromatic heterocycles. The van der Waals surface area contributed by atoms with Crippen LogP contribution in [0.25, 0.3) is 0 Å². The highest BCUT2D eigenvalue weighted by atomic mass is 16.5. The average molecular weight is 271 g/mol. The lowest BCUT2D eigenvalue weighted by atomic mass is 9.97. The fraction of sp³-hybridized carbons (Fsp3) is 0.375. The number of hydrogen-bond donors (Lipinski definition) is 1. The third-order valence-electron chi connectivity index (χ3n) is 3.27. The highest BCUT2D eigenvalue weighted by Gasteiger charge is 2.19. The maximum atomic E-state index is 5.74. The minimum Gasteiger partial charge on any atom is -0.494 e. The number of aryl methyl sites for hydroxylation is 2. The molecule has 2 rings (SSSR count). The van der Waals surface area contributed by atoms with Gasteiger partial charge >= 0.3 is 0 Å². The van der Waals surface area contributed by atoms with Crippen LogP contribution in [0.15, 0.2) is 30.3 Å². The van der Waals surface area contributed by atoms with E-state index in [0.29, 0.717) is 6.61 Å². The van der Waals surface area contributed by atoms with Crippen LogP contribution in [0.5, 0.6) is 5.75 Å². The summed E-state index contributed by atoms with van der Waals surface area (Å²) in [5.74, 6) is 0.906. The van der Waals surface area contributed by atoms with Gasteiger partial charge in [0.2, 0.25) is 0 Å². The molecule has 0 fully saturated rings. The van der Waals surface area contributed by atoms with Crippen LogP contribution in [0.2, 0.25) is 0 Å². The first-order chi connectivity index (χ1) is 9.67. The SMILES string of the molecule is CCOc1ccccc1C(NC)c1cc(C)nnc1C. The highest BCUT2D eigenvalue weighted by molar-refractivity contribution is 5.42. The summed E-state index contributed by atoms with van der Waals surface area (Å²) in [4.78, 5) is 0. The molecule has 1 N–H and O–H groups in total. The molecule has 1 aromatic carbocycles. The molecule has 0 spiro atoms. The van der Waals surface area contributed by atoms with E-state index in [1.54, 1.807) is 0 Å². The topological polar surface area (TPSA) is 47.0 Å². The summed E-state index contributed by atoms with van der Waals surface area (Å²) in [6, 6.07) is 10.2. The Morgan fingerprint density at radius 3 is 2.60 bits per heavy atom. The Morgan fingerprint density at radius 1 is 1.15 bits per heavy atom. The molecule has 0 aliphatic heterocycles. The summed E-state index contributed by atoms with van der Waals surface area (Å²) in [5, 5.41) is 11.7. The van der Waals surface area contributed by atoms with E-state index in [1.807, 2.05) is 46.0 Å². The first-order valence-electron chi connectivity index (χ1n) is 6.87. The fourth-order valence-electron chi connectivity index (χ4n) is 2.35. The van der Waals surface area contributed by atoms with Crippen molar-refractivity contribution in [3.05, 3.63) is 52.8 Å². The lowest BCUT2D eigenvalue weighted by Crippen LogP contribution is -2.20. The van der Waals surface area contributed by atoms with Gasteiger partial charge in [0.1, 0.15) is 5.75 Å². The molecule has 0 aliphatic carbocycles. The van der Waals surface area contributed by atoms with Crippen molar-refractivity contribution >= 4 is 0 Å². The second kappa shape index (κ2) is 6.48. The summed E-state index contributed by atoms with van der Waals surface area (Å²) in [6.07, 6.45) is 0. The number of nitrogens with one attached hydrogen (secondary N) is 1. The van der Waals surface area contributed by atoms with E-state index in [0.717, 1.165) is 28.3 Å². The molecule has 1 unspecified atom stereocenters. The van der Waals surface area contributed by atoms with Crippen molar-refractivity contribution in [3.8, 4) is 5.75 Å². The largest absolute Gasteiger partial charge is 0.494 e. The van der Waals surface area contributed by atoms with Gasteiger partial charge in [-0.15, -0.1) is 0 Å². The maximum absolute atomic E-state index is 5.74. The van der Waals surface area contributed by atoms with Crippen molar-refractivity contribution in [2.75, 3.05) is 13.7 Å². The van der Waals surface area contributed by atoms with Gasteiger partial charge in [-0.3, -0.25) is 0 Å². The Kier molecular flexibility index (Phi) is 4.69. The molecule has 0 aliphatic rings. The third-order valence-corrected chi connectivity index (χ3v) is 3.27. The van der Waals surface area contributed by atoms with E-state index in [9.17, 15) is 0 Å². The van der Waals surface area contributed by atoms with Gasteiger partial charge in [0.05, 0.1) is 24.0 Å². The van der Waals surface area contributed by atoms with Gasteiger partial charge in [0.25, 0.3) is 0 Å². The van der Waals surface area contributed by atoms with Gasteiger partial charge in [0.15, 0.2) is 0 Å². The summed E-state index contributed by atoms with van der Waals surface area (Å²) in [7, 11) is 1.95. The van der Waals surface area contributed by atoms with E-state index in [1.165, 1.54) is 0 Å². The number of para-hydroxylation sites is 1. The molecule has 4 heteroatoms. The van der Waals surface area contributed by atoms with Crippen molar-refractivity contribution in [2.45, 2.75) is 26.8 Å². The minimum absolute atomic E-state index is 0.0481. The number of hydrogen-bond acceptors (Lipinski definition) is 4. The molecule has 1 heterocycles. The molecule has 2 aromatic rings. The predicted molar refractivity (Wildman–Crippen MR) is 80.0 cm³/mol. The lowest BCUT2D eigenvalue weighted by Gasteiger charge is -2.21. The quantitative estimate of drug-likeness (QED) is 0.908. The molecule has 4 nitrogen and oxygen atoms in total. The zero-order valence-electron chi connectivity index (χ0n) is 12.5. The van der Waals surface area contributed by atoms with Crippen LogP contribution < -0.4 is 10.1 Å². The zero-order valence-corrected chi connectivity index (χ0v) is 12.5. The monoisotopic (exact) mass is 271 g/mol. The van der Waals surface area contributed by atoms with Crippen LogP contribution in [-0.2, 0) is 0 Å². The van der Waals surface area contributed by atoms with Crippen LogP contribution in [0.3, 0.4) is 0 Å². The lowest BCUT2D eigenvalue weighted by molar-refractivity contribution is 0.334. The molecule has 0 saturated heterocycles. The molecule has 106 valence electrons. The van der Waals surface area contributed by atoms with Crippen LogP contribution >= 0.6 is 0 Å². The fourth-order valence-corrected chi connectivity index (χ4v) is 2.35. The van der Waals surface area contributed by atoms with Crippen LogP contribution in [0.4, 0.5) is 0 Å². The van der Waals surface area contributed by atoms with Gasteiger partial charge in [-0.05, 0) is 45.5 Å². The predicted octanol–water partition coefficient (Wildman–Crippen LogP) is 2.80. The standard InChI is InChI=1S/C16H21N3O/c1-5-20-15-9-7-6-8-13(15)16(17-4)14-10-11(2)18-19-12(14)3/h6-10,16-17H,5H2,1-4H3. The Bertz CT molecular complexity index is 584. The van der Waals surface area contributed by atoms with Crippen molar-refractivity contribution in [3.63, 3.8) is 0 Å². The molecule has 0 amide bonds. The van der Waals surface area contributed by atoms with Crippen LogP contribution in [0, 0.1) is 13.8 Å². The van der Waals surface area contributed by atoms with Crippen LogP contribution in [-0.4, -0.2) is 23.9 Å². The van der Waals surface area contributed by atoms with Crippen molar-refractivity contribution in [1.82, 2.24) is 15.5 Å². The van der Waals surface area contributed by atoms with E-state index in [4.69, 9.17) is 4.74 Å². The van der Waals surface area contributed by atoms with Gasteiger partial charge < -0.3 is 10.1 Å². The molecule has 0 saturated carbocycles. The highest BCUT2D eigenvalue weighted by Crippen LogP contribution is 2.30. The maximum Gasteiger partial charge on any atom is 0.124 e. The third kappa shape index (κ3) is 2.96. The van der Waals surface area contributed by atoms with Gasteiger partial charge in [-0.25, -0.2) is 0 Å². The summed E-state index contributed by atoms with van der Waals surface area (Å²) in [6.45, 7) is 6.58. The molecular formula is C16H21N3O. The Hall–Kier alpha value is -1.94. The molecule has 0 radical (unpaired) electrons. The van der Waals surface area contributed by atoms with E-state index < -0.39 is 0 Å². The summed E-state index contributed by atoms with van der Waals surface area (Å²) >= 11 is 0. The Labute approximate surface area is 120 Å². The van der Waals surface area contributed by atoms with E-state index >= 15 is 0 Å². The zero-order chi connectivity index (χ0) is 14.5. The summed E-state index contributed by atoms with van der Waals surface area (Å²) < 4.78 is 5.74. The van der Waals surface area contributed by atoms with Gasteiger partial charge in [-0.1, -0.05) is 18.2 Å². The number of rotatable bonds is 5. The van der Waals surface area contributed by atoms with Crippen molar-refractivity contribution in [1.29, 1.82) is 0 Å². The molecule has 20 heavy (non-hydrogen) atoms. The number of aromatic nitrogens is 2. The molecule has 0 bridgehead atoms.